The van der Waals surface area contributed by atoms with Crippen molar-refractivity contribution in [2.45, 2.75) is 20.0 Å². The second-order valence-corrected chi connectivity index (χ2v) is 5.54. The van der Waals surface area contributed by atoms with Crippen molar-refractivity contribution in [1.82, 2.24) is 5.43 Å². The van der Waals surface area contributed by atoms with E-state index in [1.165, 1.54) is 18.3 Å². The van der Waals surface area contributed by atoms with E-state index in [1.807, 2.05) is 24.3 Å². The maximum absolute atomic E-state index is 12.7. The van der Waals surface area contributed by atoms with Crippen LogP contribution in [0.3, 0.4) is 0 Å². The highest BCUT2D eigenvalue weighted by Gasteiger charge is 2.30. The van der Waals surface area contributed by atoms with E-state index in [4.69, 9.17) is 0 Å². The summed E-state index contributed by atoms with van der Waals surface area (Å²) >= 11 is 0. The van der Waals surface area contributed by atoms with E-state index in [2.05, 4.69) is 29.3 Å². The Bertz CT molecular complexity index is 766. The first-order valence-corrected chi connectivity index (χ1v) is 8.20. The lowest BCUT2D eigenvalue weighted by Gasteiger charge is -2.20. The molecule has 2 aromatic rings. The van der Waals surface area contributed by atoms with Gasteiger partial charge in [-0.2, -0.15) is 18.3 Å². The number of nitrogens with zero attached hydrogens (tertiary/aromatic N) is 2. The Morgan fingerprint density at radius 2 is 1.77 bits per heavy atom. The maximum Gasteiger partial charge on any atom is 0.416 e. The monoisotopic (exact) mass is 363 g/mol. The van der Waals surface area contributed by atoms with E-state index >= 15 is 0 Å². The topological polar surface area (TPSA) is 44.7 Å². The molecule has 0 aromatic heterocycles. The van der Waals surface area contributed by atoms with Gasteiger partial charge in [0.1, 0.15) is 0 Å². The largest absolute Gasteiger partial charge is 0.416 e. The molecule has 0 unspecified atom stereocenters. The summed E-state index contributed by atoms with van der Waals surface area (Å²) in [6, 6.07) is 11.8. The molecule has 26 heavy (non-hydrogen) atoms. The van der Waals surface area contributed by atoms with Gasteiger partial charge in [0, 0.05) is 24.3 Å². The number of hydrogen-bond acceptors (Lipinski definition) is 3. The van der Waals surface area contributed by atoms with Gasteiger partial charge in [0.2, 0.25) is 0 Å². The molecular formula is C19H20F3N3O. The van der Waals surface area contributed by atoms with Gasteiger partial charge in [-0.3, -0.25) is 4.79 Å². The molecular weight excluding hydrogens is 343 g/mol. The van der Waals surface area contributed by atoms with Crippen LogP contribution in [0.4, 0.5) is 18.9 Å². The van der Waals surface area contributed by atoms with E-state index < -0.39 is 17.6 Å². The minimum Gasteiger partial charge on any atom is -0.372 e. The fourth-order valence-corrected chi connectivity index (χ4v) is 2.43. The number of halogens is 3. The lowest BCUT2D eigenvalue weighted by Crippen LogP contribution is -2.21. The van der Waals surface area contributed by atoms with Crippen molar-refractivity contribution in [1.29, 1.82) is 0 Å². The summed E-state index contributed by atoms with van der Waals surface area (Å²) in [5, 5.41) is 3.81. The molecule has 1 N–H and O–H groups in total. The maximum atomic E-state index is 12.7. The van der Waals surface area contributed by atoms with Crippen LogP contribution in [0.1, 0.15) is 35.3 Å². The van der Waals surface area contributed by atoms with Crippen LogP contribution in [0.15, 0.2) is 53.6 Å². The zero-order valence-electron chi connectivity index (χ0n) is 14.5. The number of anilines is 1. The molecule has 0 fully saturated rings. The van der Waals surface area contributed by atoms with Crippen LogP contribution in [0, 0.1) is 0 Å². The average Bonchev–Trinajstić information content (AvgIpc) is 2.63. The summed E-state index contributed by atoms with van der Waals surface area (Å²) in [7, 11) is 0. The molecule has 1 amide bonds. The third kappa shape index (κ3) is 5.08. The highest BCUT2D eigenvalue weighted by molar-refractivity contribution is 5.95. The highest BCUT2D eigenvalue weighted by atomic mass is 19.4. The van der Waals surface area contributed by atoms with E-state index in [0.29, 0.717) is 0 Å². The molecule has 7 heteroatoms. The van der Waals surface area contributed by atoms with Gasteiger partial charge in [0.15, 0.2) is 0 Å². The predicted molar refractivity (Wildman–Crippen MR) is 96.5 cm³/mol. The number of carbonyl (C=O) groups excluding carboxylic acids is 1. The lowest BCUT2D eigenvalue weighted by molar-refractivity contribution is -0.137. The van der Waals surface area contributed by atoms with Crippen molar-refractivity contribution in [3.8, 4) is 0 Å². The molecule has 0 aliphatic rings. The number of carbonyl (C=O) groups is 1. The van der Waals surface area contributed by atoms with Crippen molar-refractivity contribution < 1.29 is 18.0 Å². The van der Waals surface area contributed by atoms with Crippen LogP contribution < -0.4 is 10.3 Å². The van der Waals surface area contributed by atoms with Gasteiger partial charge in [0.25, 0.3) is 5.91 Å². The van der Waals surface area contributed by atoms with E-state index in [0.717, 1.165) is 36.5 Å². The zero-order valence-corrected chi connectivity index (χ0v) is 14.5. The smallest absolute Gasteiger partial charge is 0.372 e. The van der Waals surface area contributed by atoms with Crippen molar-refractivity contribution in [3.63, 3.8) is 0 Å². The normalized spacial score (nSPS) is 11.6. The van der Waals surface area contributed by atoms with Crippen LogP contribution in [0.25, 0.3) is 0 Å². The van der Waals surface area contributed by atoms with E-state index in [-0.39, 0.29) is 5.56 Å². The number of rotatable bonds is 6. The first-order chi connectivity index (χ1) is 12.3. The van der Waals surface area contributed by atoms with Crippen molar-refractivity contribution in [2.75, 3.05) is 18.0 Å². The first kappa shape index (κ1) is 19.5. The summed E-state index contributed by atoms with van der Waals surface area (Å²) in [6.45, 7) is 5.94. The Labute approximate surface area is 150 Å². The fraction of sp³-hybridized carbons (Fsp3) is 0.263. The molecule has 0 atom stereocenters. The molecule has 0 saturated carbocycles. The Morgan fingerprint density at radius 3 is 2.35 bits per heavy atom. The number of hydrogen-bond donors (Lipinski definition) is 1. The Balaban J connectivity index is 2.01. The molecule has 4 nitrogen and oxygen atoms in total. The molecule has 0 aliphatic heterocycles. The van der Waals surface area contributed by atoms with Crippen molar-refractivity contribution in [2.24, 2.45) is 5.10 Å². The SMILES string of the molecule is CCN(CC)c1ccc(/C=N\NC(=O)c2cccc(C(F)(F)F)c2)cc1. The average molecular weight is 363 g/mol. The van der Waals surface area contributed by atoms with Crippen LogP contribution in [0.2, 0.25) is 0 Å². The van der Waals surface area contributed by atoms with Crippen LogP contribution in [-0.4, -0.2) is 25.2 Å². The molecule has 0 aliphatic carbocycles. The quantitative estimate of drug-likeness (QED) is 0.614. The van der Waals surface area contributed by atoms with Gasteiger partial charge in [-0.1, -0.05) is 18.2 Å². The van der Waals surface area contributed by atoms with Gasteiger partial charge in [0.05, 0.1) is 11.8 Å². The standard InChI is InChI=1S/C19H20F3N3O/c1-3-25(4-2)17-10-8-14(9-11-17)13-23-24-18(26)15-6-5-7-16(12-15)19(20,21)22/h5-13H,3-4H2,1-2H3,(H,24,26)/b23-13-. The first-order valence-electron chi connectivity index (χ1n) is 8.20. The van der Waals surface area contributed by atoms with Gasteiger partial charge in [-0.05, 0) is 49.7 Å². The number of hydrazone groups is 1. The van der Waals surface area contributed by atoms with Crippen LogP contribution in [0.5, 0.6) is 0 Å². The molecule has 2 aromatic carbocycles. The zero-order chi connectivity index (χ0) is 19.2. The number of amides is 1. The van der Waals surface area contributed by atoms with Crippen LogP contribution >= 0.6 is 0 Å². The molecule has 2 rings (SSSR count). The summed E-state index contributed by atoms with van der Waals surface area (Å²) in [5.74, 6) is -0.702. The summed E-state index contributed by atoms with van der Waals surface area (Å²) in [6.07, 6.45) is -3.05. The molecule has 138 valence electrons. The van der Waals surface area contributed by atoms with Gasteiger partial charge < -0.3 is 4.90 Å². The molecule has 0 heterocycles. The second kappa shape index (κ2) is 8.51. The molecule has 0 radical (unpaired) electrons. The van der Waals surface area contributed by atoms with Gasteiger partial charge in [-0.15, -0.1) is 0 Å². The lowest BCUT2D eigenvalue weighted by atomic mass is 10.1. The third-order valence-corrected chi connectivity index (χ3v) is 3.85. The second-order valence-electron chi connectivity index (χ2n) is 5.54. The van der Waals surface area contributed by atoms with Gasteiger partial charge in [-0.25, -0.2) is 5.43 Å². The van der Waals surface area contributed by atoms with Crippen LogP contribution in [-0.2, 0) is 6.18 Å². The molecule has 0 saturated heterocycles. The van der Waals surface area contributed by atoms with Gasteiger partial charge >= 0.3 is 6.18 Å². The Hall–Kier alpha value is -2.83. The molecule has 0 spiro atoms. The molecule has 0 bridgehead atoms. The fourth-order valence-electron chi connectivity index (χ4n) is 2.43. The third-order valence-electron chi connectivity index (χ3n) is 3.85. The van der Waals surface area contributed by atoms with Crippen molar-refractivity contribution in [3.05, 3.63) is 65.2 Å². The van der Waals surface area contributed by atoms with Crippen molar-refractivity contribution >= 4 is 17.8 Å². The minimum atomic E-state index is -4.49. The summed E-state index contributed by atoms with van der Waals surface area (Å²) in [4.78, 5) is 14.1. The number of alkyl halides is 3. The Morgan fingerprint density at radius 1 is 1.12 bits per heavy atom. The van der Waals surface area contributed by atoms with E-state index in [1.54, 1.807) is 0 Å². The van der Waals surface area contributed by atoms with E-state index in [9.17, 15) is 18.0 Å². The predicted octanol–water partition coefficient (Wildman–Crippen LogP) is 4.32. The highest BCUT2D eigenvalue weighted by Crippen LogP contribution is 2.29. The number of nitrogens with one attached hydrogen (secondary N) is 1. The summed E-state index contributed by atoms with van der Waals surface area (Å²) in [5.41, 5.74) is 3.11. The number of benzene rings is 2. The minimum absolute atomic E-state index is 0.103. The summed E-state index contributed by atoms with van der Waals surface area (Å²) < 4.78 is 38.0. The Kier molecular flexibility index (Phi) is 6.38.